The zero-order valence-corrected chi connectivity index (χ0v) is 11.0. The highest BCUT2D eigenvalue weighted by atomic mass is 35.5. The van der Waals surface area contributed by atoms with Gasteiger partial charge in [-0.1, -0.05) is 11.6 Å². The van der Waals surface area contributed by atoms with Crippen LogP contribution in [0.1, 0.15) is 12.5 Å². The molecule has 0 bridgehead atoms. The Morgan fingerprint density at radius 1 is 1.50 bits per heavy atom. The molecular weight excluding hydrogens is 256 g/mol. The second-order valence-corrected chi connectivity index (χ2v) is 3.68. The van der Waals surface area contributed by atoms with Crippen molar-refractivity contribution < 1.29 is 14.6 Å². The van der Waals surface area contributed by atoms with Crippen molar-refractivity contribution in [1.29, 1.82) is 0 Å². The van der Waals surface area contributed by atoms with Gasteiger partial charge in [0.1, 0.15) is 0 Å². The molecule has 0 atom stereocenters. The summed E-state index contributed by atoms with van der Waals surface area (Å²) in [5.74, 6) is 0.999. The van der Waals surface area contributed by atoms with Gasteiger partial charge in [0.15, 0.2) is 11.5 Å². The van der Waals surface area contributed by atoms with Crippen LogP contribution in [0.25, 0.3) is 0 Å². The zero-order chi connectivity index (χ0) is 13.5. The van der Waals surface area contributed by atoms with Crippen LogP contribution in [0.15, 0.2) is 17.2 Å². The number of nitrogens with zero attached hydrogens (tertiary/aromatic N) is 1. The maximum absolute atomic E-state index is 6.07. The molecule has 1 rings (SSSR count). The van der Waals surface area contributed by atoms with Crippen molar-refractivity contribution in [3.8, 4) is 11.5 Å². The Labute approximate surface area is 110 Å². The summed E-state index contributed by atoms with van der Waals surface area (Å²) in [6, 6.07) is 3.47. The van der Waals surface area contributed by atoms with E-state index in [1.54, 1.807) is 18.3 Å². The third-order valence-corrected chi connectivity index (χ3v) is 2.24. The van der Waals surface area contributed by atoms with Gasteiger partial charge >= 0.3 is 0 Å². The lowest BCUT2D eigenvalue weighted by Gasteiger charge is -2.10. The number of nitrogens with two attached hydrogens (primary N) is 2. The van der Waals surface area contributed by atoms with Gasteiger partial charge in [0, 0.05) is 10.7 Å². The van der Waals surface area contributed by atoms with E-state index in [1.807, 2.05) is 6.92 Å². The topological polar surface area (TPSA) is 96.8 Å². The highest BCUT2D eigenvalue weighted by molar-refractivity contribution is 6.32. The van der Waals surface area contributed by atoms with Crippen LogP contribution in [0.3, 0.4) is 0 Å². The number of ether oxygens (including phenoxy) is 2. The molecule has 5 N–H and O–H groups in total. The second kappa shape index (κ2) is 6.70. The number of hydrogen-bond donors (Lipinski definition) is 3. The van der Waals surface area contributed by atoms with E-state index in [2.05, 4.69) is 10.2 Å². The Kier molecular flexibility index (Phi) is 5.26. The first kappa shape index (κ1) is 14.1. The molecule has 0 radical (unpaired) electrons. The molecule has 0 heterocycles. The average molecular weight is 272 g/mol. The molecule has 98 valence electrons. The van der Waals surface area contributed by atoms with Crippen molar-refractivity contribution in [1.82, 2.24) is 0 Å². The summed E-state index contributed by atoms with van der Waals surface area (Å²) in [5, 5.41) is 6.66. The van der Waals surface area contributed by atoms with Crippen LogP contribution >= 0.6 is 11.6 Å². The van der Waals surface area contributed by atoms with Gasteiger partial charge in [0.25, 0.3) is 5.96 Å². The normalized spacial score (nSPS) is 10.4. The third-order valence-electron chi connectivity index (χ3n) is 1.96. The quantitative estimate of drug-likeness (QED) is 0.380. The van der Waals surface area contributed by atoms with E-state index in [0.717, 1.165) is 5.56 Å². The molecule has 7 heteroatoms. The van der Waals surface area contributed by atoms with Gasteiger partial charge in [-0.3, -0.25) is 0 Å². The Balaban J connectivity index is 3.08. The minimum atomic E-state index is -0.0594. The molecule has 1 aromatic rings. The van der Waals surface area contributed by atoms with Crippen LogP contribution in [0.4, 0.5) is 0 Å². The number of nitrogens with one attached hydrogen (secondary N) is 1. The van der Waals surface area contributed by atoms with E-state index in [9.17, 15) is 0 Å². The largest absolute Gasteiger partial charge is 0.491 e. The summed E-state index contributed by atoms with van der Waals surface area (Å²) in [6.07, 6.45) is 1.59. The Hall–Kier alpha value is -1.95. The van der Waals surface area contributed by atoms with Crippen LogP contribution in [-0.4, -0.2) is 25.9 Å². The molecule has 0 aromatic heterocycles. The predicted molar refractivity (Wildman–Crippen MR) is 71.1 cm³/mol. The van der Waals surface area contributed by atoms with E-state index in [4.69, 9.17) is 32.5 Å². The van der Waals surface area contributed by atoms with Crippen LogP contribution < -0.4 is 26.0 Å². The summed E-state index contributed by atoms with van der Waals surface area (Å²) in [7, 11) is 1.53. The highest BCUT2D eigenvalue weighted by Crippen LogP contribution is 2.35. The molecule has 0 saturated carbocycles. The molecule has 18 heavy (non-hydrogen) atoms. The molecular formula is C11H16ClN4O2+. The lowest BCUT2D eigenvalue weighted by molar-refractivity contribution is -0.456. The number of halogens is 1. The van der Waals surface area contributed by atoms with Gasteiger partial charge in [-0.05, 0) is 19.1 Å². The van der Waals surface area contributed by atoms with Crippen molar-refractivity contribution in [2.75, 3.05) is 13.7 Å². The summed E-state index contributed by atoms with van der Waals surface area (Å²) >= 11 is 6.07. The molecule has 6 nitrogen and oxygen atoms in total. The fourth-order valence-electron chi connectivity index (χ4n) is 1.31. The van der Waals surface area contributed by atoms with Crippen LogP contribution in [0.2, 0.25) is 5.02 Å². The second-order valence-electron chi connectivity index (χ2n) is 3.28. The molecule has 0 spiro atoms. The minimum Gasteiger partial charge on any atom is -0.491 e. The van der Waals surface area contributed by atoms with Gasteiger partial charge in [0.05, 0.1) is 18.7 Å². The lowest BCUT2D eigenvalue weighted by atomic mass is 10.2. The average Bonchev–Trinajstić information content (AvgIpc) is 2.28. The molecule has 1 aromatic carbocycles. The van der Waals surface area contributed by atoms with Crippen molar-refractivity contribution in [2.24, 2.45) is 16.6 Å². The molecule has 0 aliphatic heterocycles. The van der Waals surface area contributed by atoms with Crippen LogP contribution in [0.5, 0.6) is 11.5 Å². The lowest BCUT2D eigenvalue weighted by Crippen LogP contribution is -2.63. The molecule has 0 amide bonds. The predicted octanol–water partition coefficient (Wildman–Crippen LogP) is -0.565. The van der Waals surface area contributed by atoms with E-state index in [1.165, 1.54) is 7.11 Å². The van der Waals surface area contributed by atoms with Gasteiger partial charge < -0.3 is 20.9 Å². The number of benzene rings is 1. The fraction of sp³-hybridized carbons (Fsp3) is 0.273. The number of methoxy groups -OCH3 is 1. The maximum atomic E-state index is 6.07. The Morgan fingerprint density at radius 2 is 2.22 bits per heavy atom. The first-order chi connectivity index (χ1) is 8.58. The molecule has 0 aliphatic carbocycles. The van der Waals surface area contributed by atoms with E-state index >= 15 is 0 Å². The first-order valence-electron chi connectivity index (χ1n) is 5.26. The maximum Gasteiger partial charge on any atom is 0.256 e. The smallest absolute Gasteiger partial charge is 0.256 e. The molecule has 0 fully saturated rings. The van der Waals surface area contributed by atoms with Gasteiger partial charge in [0.2, 0.25) is 6.21 Å². The van der Waals surface area contributed by atoms with E-state index in [0.29, 0.717) is 23.1 Å². The Morgan fingerprint density at radius 3 is 2.78 bits per heavy atom. The van der Waals surface area contributed by atoms with Gasteiger partial charge in [-0.2, -0.15) is 0 Å². The third kappa shape index (κ3) is 3.81. The van der Waals surface area contributed by atoms with Gasteiger partial charge in [-0.25, -0.2) is 0 Å². The molecule has 0 aliphatic rings. The SMILES string of the molecule is CCOc1cc(/C=[NH+]\N=C(N)N)cc(Cl)c1OC. The van der Waals surface area contributed by atoms with Crippen molar-refractivity contribution in [3.63, 3.8) is 0 Å². The minimum absolute atomic E-state index is 0.0594. The number of hydrogen-bond acceptors (Lipinski definition) is 3. The molecule has 0 saturated heterocycles. The number of hydrazone groups is 1. The number of rotatable bonds is 5. The molecule has 0 unspecified atom stereocenters. The summed E-state index contributed by atoms with van der Waals surface area (Å²) in [4.78, 5) is 0. The van der Waals surface area contributed by atoms with Gasteiger partial charge in [-0.15, -0.1) is 5.10 Å². The zero-order valence-electron chi connectivity index (χ0n) is 10.2. The van der Waals surface area contributed by atoms with Crippen molar-refractivity contribution in [2.45, 2.75) is 6.92 Å². The standard InChI is InChI=1S/C11H15ClN4O2/c1-3-18-9-5-7(6-15-16-11(13)14)4-8(12)10(9)17-2/h4-6H,3H2,1-2H3,(H4,13,14,16)/p+1/b15-6-. The first-order valence-corrected chi connectivity index (χ1v) is 5.64. The van der Waals surface area contributed by atoms with Crippen LogP contribution in [-0.2, 0) is 0 Å². The fourth-order valence-corrected chi connectivity index (χ4v) is 1.61. The van der Waals surface area contributed by atoms with Crippen molar-refractivity contribution in [3.05, 3.63) is 22.7 Å². The monoisotopic (exact) mass is 271 g/mol. The van der Waals surface area contributed by atoms with E-state index in [-0.39, 0.29) is 5.96 Å². The number of guanidine groups is 1. The summed E-state index contributed by atoms with van der Waals surface area (Å²) in [5.41, 5.74) is 11.1. The van der Waals surface area contributed by atoms with Crippen LogP contribution in [0, 0.1) is 0 Å². The Bertz CT molecular complexity index is 470. The summed E-state index contributed by atoms with van der Waals surface area (Å²) in [6.45, 7) is 2.39. The highest BCUT2D eigenvalue weighted by Gasteiger charge is 2.11. The summed E-state index contributed by atoms with van der Waals surface area (Å²) < 4.78 is 10.6. The van der Waals surface area contributed by atoms with Crippen molar-refractivity contribution >= 4 is 23.8 Å². The van der Waals surface area contributed by atoms with E-state index < -0.39 is 0 Å².